The molecule has 0 aromatic heterocycles. The largest absolute Gasteiger partial charge is 0.377 e. The molecule has 1 rings (SSSR count). The molecule has 4 nitrogen and oxygen atoms in total. The van der Waals surface area contributed by atoms with Crippen molar-refractivity contribution in [3.63, 3.8) is 0 Å². The van der Waals surface area contributed by atoms with Crippen LogP contribution in [0.3, 0.4) is 0 Å². The van der Waals surface area contributed by atoms with Crippen molar-refractivity contribution in [1.82, 2.24) is 4.31 Å². The maximum absolute atomic E-state index is 11.1. The maximum atomic E-state index is 11.1. The monoisotopic (exact) mass is 241 g/mol. The van der Waals surface area contributed by atoms with Crippen LogP contribution in [0.15, 0.2) is 0 Å². The van der Waals surface area contributed by atoms with Gasteiger partial charge in [-0.3, -0.25) is 0 Å². The number of hydrogen-bond donors (Lipinski definition) is 0. The Labute approximate surface area is 89.7 Å². The minimum atomic E-state index is -3.59. The van der Waals surface area contributed by atoms with Crippen LogP contribution in [0.2, 0.25) is 0 Å². The van der Waals surface area contributed by atoms with E-state index in [-0.39, 0.29) is 6.10 Å². The summed E-state index contributed by atoms with van der Waals surface area (Å²) in [7, 11) is 1.71. The minimum Gasteiger partial charge on any atom is -0.377 e. The molecule has 0 aromatic carbocycles. The summed E-state index contributed by atoms with van der Waals surface area (Å²) >= 11 is 0. The van der Waals surface area contributed by atoms with Crippen molar-refractivity contribution < 1.29 is 13.2 Å². The highest BCUT2D eigenvalue weighted by Gasteiger charge is 2.27. The van der Waals surface area contributed by atoms with Crippen molar-refractivity contribution in [1.29, 1.82) is 0 Å². The van der Waals surface area contributed by atoms with Gasteiger partial charge in [-0.2, -0.15) is 12.7 Å². The van der Waals surface area contributed by atoms with Crippen LogP contribution in [-0.2, 0) is 14.0 Å². The smallest absolute Gasteiger partial charge is 0.299 e. The van der Waals surface area contributed by atoms with Gasteiger partial charge < -0.3 is 4.74 Å². The number of hydrogen-bond acceptors (Lipinski definition) is 3. The average Bonchev–Trinajstić information content (AvgIpc) is 2.26. The first-order chi connectivity index (χ1) is 6.41. The van der Waals surface area contributed by atoms with Crippen LogP contribution in [0.4, 0.5) is 0 Å². The van der Waals surface area contributed by atoms with Gasteiger partial charge in [-0.15, -0.1) is 0 Å². The van der Waals surface area contributed by atoms with Crippen LogP contribution >= 0.6 is 10.7 Å². The standard InChI is InChI=1S/C8H16ClNO3S/c1-7(2)8-6-10(14(9,11)12)4-3-5-13-8/h7-8H,3-6H2,1-2H3. The Bertz CT molecular complexity index is 278. The number of halogens is 1. The zero-order valence-electron chi connectivity index (χ0n) is 8.44. The Kier molecular flexibility index (Phi) is 4.18. The highest BCUT2D eigenvalue weighted by Crippen LogP contribution is 2.17. The molecule has 0 N–H and O–H groups in total. The van der Waals surface area contributed by atoms with Crippen molar-refractivity contribution in [3.8, 4) is 0 Å². The van der Waals surface area contributed by atoms with Gasteiger partial charge in [-0.1, -0.05) is 13.8 Å². The molecule has 0 bridgehead atoms. The van der Waals surface area contributed by atoms with Gasteiger partial charge in [0.05, 0.1) is 6.10 Å². The van der Waals surface area contributed by atoms with Gasteiger partial charge >= 0.3 is 0 Å². The van der Waals surface area contributed by atoms with Gasteiger partial charge in [-0.25, -0.2) is 0 Å². The van der Waals surface area contributed by atoms with Crippen LogP contribution in [-0.4, -0.2) is 38.5 Å². The Morgan fingerprint density at radius 3 is 2.64 bits per heavy atom. The SMILES string of the molecule is CC(C)C1CN(S(=O)(=O)Cl)CCCO1. The molecule has 0 spiro atoms. The van der Waals surface area contributed by atoms with Gasteiger partial charge in [0.25, 0.3) is 9.24 Å². The Morgan fingerprint density at radius 1 is 1.50 bits per heavy atom. The molecule has 1 atom stereocenters. The number of ether oxygens (including phenoxy) is 1. The van der Waals surface area contributed by atoms with E-state index in [1.807, 2.05) is 13.8 Å². The van der Waals surface area contributed by atoms with Crippen molar-refractivity contribution >= 4 is 19.9 Å². The molecule has 0 radical (unpaired) electrons. The molecule has 1 aliphatic heterocycles. The first kappa shape index (κ1) is 12.2. The molecule has 1 unspecified atom stereocenters. The van der Waals surface area contributed by atoms with Gasteiger partial charge in [-0.05, 0) is 12.3 Å². The van der Waals surface area contributed by atoms with Gasteiger partial charge in [0.2, 0.25) is 0 Å². The van der Waals surface area contributed by atoms with Crippen molar-refractivity contribution in [3.05, 3.63) is 0 Å². The normalized spacial score (nSPS) is 26.4. The zero-order chi connectivity index (χ0) is 10.8. The fraction of sp³-hybridized carbons (Fsp3) is 1.00. The molecule has 0 amide bonds. The van der Waals surface area contributed by atoms with E-state index in [1.165, 1.54) is 4.31 Å². The molecule has 1 saturated heterocycles. The molecular weight excluding hydrogens is 226 g/mol. The Morgan fingerprint density at radius 2 is 2.14 bits per heavy atom. The molecule has 1 aliphatic rings. The van der Waals surface area contributed by atoms with Crippen LogP contribution in [0.1, 0.15) is 20.3 Å². The predicted molar refractivity (Wildman–Crippen MR) is 55.5 cm³/mol. The Hall–Kier alpha value is 0.160. The lowest BCUT2D eigenvalue weighted by atomic mass is 10.1. The summed E-state index contributed by atoms with van der Waals surface area (Å²) < 4.78 is 29.1. The van der Waals surface area contributed by atoms with E-state index in [2.05, 4.69) is 0 Å². The summed E-state index contributed by atoms with van der Waals surface area (Å²) in [5.74, 6) is 0.300. The lowest BCUT2D eigenvalue weighted by molar-refractivity contribution is 0.0302. The first-order valence-electron chi connectivity index (χ1n) is 4.72. The summed E-state index contributed by atoms with van der Waals surface area (Å²) in [6, 6.07) is 0. The van der Waals surface area contributed by atoms with E-state index >= 15 is 0 Å². The summed E-state index contributed by atoms with van der Waals surface area (Å²) in [6.45, 7) is 5.44. The van der Waals surface area contributed by atoms with E-state index in [0.717, 1.165) is 0 Å². The van der Waals surface area contributed by atoms with E-state index in [9.17, 15) is 8.42 Å². The van der Waals surface area contributed by atoms with Crippen molar-refractivity contribution in [2.24, 2.45) is 5.92 Å². The summed E-state index contributed by atoms with van der Waals surface area (Å²) in [5.41, 5.74) is 0. The Balaban J connectivity index is 2.70. The number of nitrogens with zero attached hydrogens (tertiary/aromatic N) is 1. The average molecular weight is 242 g/mol. The summed E-state index contributed by atoms with van der Waals surface area (Å²) in [4.78, 5) is 0. The van der Waals surface area contributed by atoms with Gasteiger partial charge in [0.15, 0.2) is 0 Å². The summed E-state index contributed by atoms with van der Waals surface area (Å²) in [5, 5.41) is 0. The fourth-order valence-electron chi connectivity index (χ4n) is 1.42. The quantitative estimate of drug-likeness (QED) is 0.683. The maximum Gasteiger partial charge on any atom is 0.299 e. The third-order valence-corrected chi connectivity index (χ3v) is 3.85. The zero-order valence-corrected chi connectivity index (χ0v) is 10.0. The third-order valence-electron chi connectivity index (χ3n) is 2.32. The lowest BCUT2D eigenvalue weighted by Gasteiger charge is -2.23. The molecule has 1 fully saturated rings. The lowest BCUT2D eigenvalue weighted by Crippen LogP contribution is -2.36. The third kappa shape index (κ3) is 3.38. The topological polar surface area (TPSA) is 46.6 Å². The number of rotatable bonds is 2. The van der Waals surface area contributed by atoms with E-state index in [1.54, 1.807) is 0 Å². The van der Waals surface area contributed by atoms with Gasteiger partial charge in [0.1, 0.15) is 0 Å². The summed E-state index contributed by atoms with van der Waals surface area (Å²) in [6.07, 6.45) is 0.654. The second-order valence-corrected chi connectivity index (χ2v) is 6.32. The van der Waals surface area contributed by atoms with Gasteiger partial charge in [0, 0.05) is 30.4 Å². The molecule has 0 aliphatic carbocycles. The van der Waals surface area contributed by atoms with Crippen molar-refractivity contribution in [2.75, 3.05) is 19.7 Å². The highest BCUT2D eigenvalue weighted by molar-refractivity contribution is 8.11. The van der Waals surface area contributed by atoms with Crippen molar-refractivity contribution in [2.45, 2.75) is 26.4 Å². The molecular formula is C8H16ClNO3S. The predicted octanol–water partition coefficient (Wildman–Crippen LogP) is 1.22. The van der Waals surface area contributed by atoms with E-state index in [0.29, 0.717) is 32.0 Å². The fourth-order valence-corrected chi connectivity index (χ4v) is 2.47. The molecule has 0 aromatic rings. The van der Waals surface area contributed by atoms with Crippen LogP contribution < -0.4 is 0 Å². The molecule has 14 heavy (non-hydrogen) atoms. The molecule has 1 heterocycles. The molecule has 84 valence electrons. The highest BCUT2D eigenvalue weighted by atomic mass is 35.7. The minimum absolute atomic E-state index is 0.0500. The molecule has 6 heteroatoms. The van der Waals surface area contributed by atoms with Crippen LogP contribution in [0, 0.1) is 5.92 Å². The van der Waals surface area contributed by atoms with E-state index in [4.69, 9.17) is 15.4 Å². The first-order valence-corrected chi connectivity index (χ1v) is 6.99. The van der Waals surface area contributed by atoms with Crippen LogP contribution in [0.5, 0.6) is 0 Å². The van der Waals surface area contributed by atoms with E-state index < -0.39 is 9.24 Å². The second kappa shape index (κ2) is 4.79. The second-order valence-electron chi connectivity index (χ2n) is 3.81. The van der Waals surface area contributed by atoms with Crippen LogP contribution in [0.25, 0.3) is 0 Å². The molecule has 0 saturated carbocycles.